The zero-order chi connectivity index (χ0) is 23.2. The van der Waals surface area contributed by atoms with E-state index in [0.717, 1.165) is 21.2 Å². The van der Waals surface area contributed by atoms with Crippen molar-refractivity contribution in [2.45, 2.75) is 0 Å². The Kier molecular flexibility index (Phi) is 6.63. The van der Waals surface area contributed by atoms with Gasteiger partial charge in [0.15, 0.2) is 0 Å². The molecule has 1 aromatic heterocycles. The number of nitriles is 1. The van der Waals surface area contributed by atoms with Crippen LogP contribution in [0.15, 0.2) is 95.5 Å². The molecule has 0 bridgehead atoms. The first-order valence-electron chi connectivity index (χ1n) is 10.1. The van der Waals surface area contributed by atoms with E-state index < -0.39 is 5.97 Å². The fourth-order valence-corrected chi connectivity index (χ4v) is 3.79. The summed E-state index contributed by atoms with van der Waals surface area (Å²) < 4.78 is 6.26. The molecule has 0 aliphatic heterocycles. The number of benzene rings is 3. The molecule has 0 radical (unpaired) electrons. The first-order chi connectivity index (χ1) is 16.0. The second kappa shape index (κ2) is 9.94. The summed E-state index contributed by atoms with van der Waals surface area (Å²) in [6, 6.07) is 28.1. The van der Waals surface area contributed by atoms with Crippen molar-refractivity contribution >= 4 is 33.8 Å². The van der Waals surface area contributed by atoms with E-state index in [9.17, 15) is 10.1 Å². The average molecular weight is 496 g/mol. The number of carbonyl (C=O) groups excluding carboxylic acids is 1. The highest BCUT2D eigenvalue weighted by Gasteiger charge is 2.15. The van der Waals surface area contributed by atoms with E-state index in [2.05, 4.69) is 27.0 Å². The summed E-state index contributed by atoms with van der Waals surface area (Å²) in [4.78, 5) is 16.5. The van der Waals surface area contributed by atoms with Gasteiger partial charge in [-0.3, -0.25) is 0 Å². The Hall–Kier alpha value is -4.21. The van der Waals surface area contributed by atoms with Gasteiger partial charge < -0.3 is 10.5 Å². The average Bonchev–Trinajstić information content (AvgIpc) is 2.84. The van der Waals surface area contributed by atoms with Crippen molar-refractivity contribution in [2.75, 3.05) is 5.73 Å². The van der Waals surface area contributed by atoms with Crippen LogP contribution in [0.4, 0.5) is 5.82 Å². The number of hydrogen-bond donors (Lipinski definition) is 1. The number of nitrogen functional groups attached to an aromatic ring is 1. The molecule has 6 heteroatoms. The largest absolute Gasteiger partial charge is 0.423 e. The summed E-state index contributed by atoms with van der Waals surface area (Å²) in [6.07, 6.45) is 3.07. The lowest BCUT2D eigenvalue weighted by Crippen LogP contribution is -2.03. The van der Waals surface area contributed by atoms with Crippen LogP contribution in [0.5, 0.6) is 5.75 Å². The molecule has 0 fully saturated rings. The van der Waals surface area contributed by atoms with Gasteiger partial charge in [0.25, 0.3) is 0 Å². The summed E-state index contributed by atoms with van der Waals surface area (Å²) in [6.45, 7) is 0. The summed E-state index contributed by atoms with van der Waals surface area (Å²) in [5.74, 6) is 0.0732. The van der Waals surface area contributed by atoms with Gasteiger partial charge in [0.1, 0.15) is 23.2 Å². The maximum absolute atomic E-state index is 12.1. The highest BCUT2D eigenvalue weighted by atomic mass is 79.9. The summed E-state index contributed by atoms with van der Waals surface area (Å²) >= 11 is 3.53. The number of halogens is 1. The number of ether oxygens (including phenoxy) is 1. The Labute approximate surface area is 199 Å². The van der Waals surface area contributed by atoms with Gasteiger partial charge in [-0.2, -0.15) is 5.26 Å². The highest BCUT2D eigenvalue weighted by molar-refractivity contribution is 9.10. The lowest BCUT2D eigenvalue weighted by Gasteiger charge is -2.11. The van der Waals surface area contributed by atoms with E-state index in [1.165, 1.54) is 6.08 Å². The number of rotatable bonds is 5. The lowest BCUT2D eigenvalue weighted by molar-refractivity contribution is -0.128. The third-order valence-corrected chi connectivity index (χ3v) is 5.60. The Morgan fingerprint density at radius 2 is 1.67 bits per heavy atom. The highest BCUT2D eigenvalue weighted by Crippen LogP contribution is 2.34. The van der Waals surface area contributed by atoms with Crippen LogP contribution in [0.3, 0.4) is 0 Å². The molecule has 0 saturated heterocycles. The zero-order valence-electron chi connectivity index (χ0n) is 17.4. The van der Waals surface area contributed by atoms with E-state index in [0.29, 0.717) is 22.6 Å². The molecule has 4 rings (SSSR count). The van der Waals surface area contributed by atoms with Gasteiger partial charge in [0.05, 0.1) is 5.69 Å². The van der Waals surface area contributed by atoms with Crippen molar-refractivity contribution in [2.24, 2.45) is 0 Å². The number of nitrogens with two attached hydrogens (primary N) is 1. The van der Waals surface area contributed by atoms with E-state index >= 15 is 0 Å². The first kappa shape index (κ1) is 22.0. The molecular weight excluding hydrogens is 478 g/mol. The minimum Gasteiger partial charge on any atom is -0.423 e. The molecular formula is C27H18BrN3O2. The monoisotopic (exact) mass is 495 g/mol. The van der Waals surface area contributed by atoms with Crippen LogP contribution in [0.25, 0.3) is 28.5 Å². The molecule has 0 spiro atoms. The maximum atomic E-state index is 12.1. The normalized spacial score (nSPS) is 10.7. The Morgan fingerprint density at radius 1 is 0.970 bits per heavy atom. The number of carbonyl (C=O) groups is 1. The number of aromatic nitrogens is 1. The van der Waals surface area contributed by atoms with Gasteiger partial charge in [-0.25, -0.2) is 9.78 Å². The third-order valence-electron chi connectivity index (χ3n) is 4.90. The van der Waals surface area contributed by atoms with Crippen molar-refractivity contribution in [1.82, 2.24) is 4.98 Å². The molecule has 3 aromatic carbocycles. The van der Waals surface area contributed by atoms with Crippen LogP contribution in [-0.2, 0) is 4.79 Å². The van der Waals surface area contributed by atoms with Crippen molar-refractivity contribution in [3.8, 4) is 34.2 Å². The Bertz CT molecular complexity index is 1380. The van der Waals surface area contributed by atoms with Crippen LogP contribution in [0.1, 0.15) is 11.1 Å². The number of nitrogens with zero attached hydrogens (tertiary/aromatic N) is 2. The van der Waals surface area contributed by atoms with Crippen molar-refractivity contribution in [3.05, 3.63) is 107 Å². The number of hydrogen-bond acceptors (Lipinski definition) is 5. The molecule has 0 aliphatic rings. The summed E-state index contributed by atoms with van der Waals surface area (Å²) in [7, 11) is 0. The van der Waals surface area contributed by atoms with Crippen LogP contribution in [0, 0.1) is 11.3 Å². The van der Waals surface area contributed by atoms with Gasteiger partial charge in [0, 0.05) is 21.7 Å². The number of esters is 1. The van der Waals surface area contributed by atoms with E-state index in [4.69, 9.17) is 10.5 Å². The standard InChI is InChI=1S/C27H18BrN3O2/c28-24-9-5-4-8-21(24)25-16-22(23(17-29)27(30)31-25)19-11-13-20(14-12-19)33-26(32)15-10-18-6-2-1-3-7-18/h1-16H,(H2,30,31)/b15-10-. The second-order valence-electron chi connectivity index (χ2n) is 7.10. The van der Waals surface area contributed by atoms with Gasteiger partial charge in [-0.05, 0) is 41.5 Å². The summed E-state index contributed by atoms with van der Waals surface area (Å²) in [5.41, 5.74) is 10.2. The fraction of sp³-hybridized carbons (Fsp3) is 0. The predicted octanol–water partition coefficient (Wildman–Crippen LogP) is 6.25. The molecule has 0 amide bonds. The molecule has 5 nitrogen and oxygen atoms in total. The Balaban J connectivity index is 1.59. The predicted molar refractivity (Wildman–Crippen MR) is 133 cm³/mol. The molecule has 160 valence electrons. The molecule has 33 heavy (non-hydrogen) atoms. The van der Waals surface area contributed by atoms with Crippen molar-refractivity contribution in [3.63, 3.8) is 0 Å². The zero-order valence-corrected chi connectivity index (χ0v) is 19.0. The van der Waals surface area contributed by atoms with Gasteiger partial charge in [0.2, 0.25) is 0 Å². The SMILES string of the molecule is N#Cc1c(-c2ccc(OC(=O)/C=C\c3ccccc3)cc2)cc(-c2ccccc2Br)nc1N. The molecule has 1 heterocycles. The lowest BCUT2D eigenvalue weighted by atomic mass is 9.98. The molecule has 0 aliphatic carbocycles. The maximum Gasteiger partial charge on any atom is 0.336 e. The quantitative estimate of drug-likeness (QED) is 0.200. The second-order valence-corrected chi connectivity index (χ2v) is 7.95. The van der Waals surface area contributed by atoms with E-state index in [-0.39, 0.29) is 5.82 Å². The van der Waals surface area contributed by atoms with Gasteiger partial charge in [-0.15, -0.1) is 0 Å². The minimum atomic E-state index is -0.478. The van der Waals surface area contributed by atoms with Crippen molar-refractivity contribution < 1.29 is 9.53 Å². The summed E-state index contributed by atoms with van der Waals surface area (Å²) in [5, 5.41) is 9.65. The topological polar surface area (TPSA) is 89.0 Å². The first-order valence-corrected chi connectivity index (χ1v) is 10.9. The van der Waals surface area contributed by atoms with Gasteiger partial charge in [-0.1, -0.05) is 76.6 Å². The Morgan fingerprint density at radius 3 is 2.36 bits per heavy atom. The van der Waals surface area contributed by atoms with Gasteiger partial charge >= 0.3 is 5.97 Å². The number of pyridine rings is 1. The fourth-order valence-electron chi connectivity index (χ4n) is 3.30. The van der Waals surface area contributed by atoms with Crippen LogP contribution >= 0.6 is 15.9 Å². The van der Waals surface area contributed by atoms with Crippen LogP contribution < -0.4 is 10.5 Å². The molecule has 0 unspecified atom stereocenters. The van der Waals surface area contributed by atoms with Crippen molar-refractivity contribution in [1.29, 1.82) is 5.26 Å². The molecule has 2 N–H and O–H groups in total. The minimum absolute atomic E-state index is 0.155. The van der Waals surface area contributed by atoms with Crippen LogP contribution in [-0.4, -0.2) is 11.0 Å². The van der Waals surface area contributed by atoms with Crippen LogP contribution in [0.2, 0.25) is 0 Å². The van der Waals surface area contributed by atoms with E-state index in [1.807, 2.05) is 60.7 Å². The molecule has 0 atom stereocenters. The van der Waals surface area contributed by atoms with E-state index in [1.54, 1.807) is 30.3 Å². The number of anilines is 1. The third kappa shape index (κ3) is 5.17. The molecule has 4 aromatic rings. The smallest absolute Gasteiger partial charge is 0.336 e. The molecule has 0 saturated carbocycles.